The predicted molar refractivity (Wildman–Crippen MR) is 97.4 cm³/mol. The summed E-state index contributed by atoms with van der Waals surface area (Å²) in [5, 5.41) is 5.42. The van der Waals surface area contributed by atoms with Crippen molar-refractivity contribution in [1.82, 2.24) is 19.6 Å². The fourth-order valence-electron chi connectivity index (χ4n) is 2.91. The Morgan fingerprint density at radius 1 is 1.04 bits per heavy atom. The van der Waals surface area contributed by atoms with Gasteiger partial charge < -0.3 is 4.74 Å². The molecule has 0 aliphatic rings. The Kier molecular flexibility index (Phi) is 4.17. The van der Waals surface area contributed by atoms with Gasteiger partial charge in [-0.15, -0.1) is 0 Å². The van der Waals surface area contributed by atoms with Crippen LogP contribution in [0, 0.1) is 0 Å². The van der Waals surface area contributed by atoms with E-state index in [9.17, 15) is 0 Å². The second-order valence-electron chi connectivity index (χ2n) is 5.57. The number of benzene rings is 1. The van der Waals surface area contributed by atoms with E-state index in [1.807, 2.05) is 47.0 Å². The second-order valence-corrected chi connectivity index (χ2v) is 6.00. The summed E-state index contributed by atoms with van der Waals surface area (Å²) in [6.07, 6.45) is 5.31. The Morgan fingerprint density at radius 3 is 2.64 bits per heavy atom. The van der Waals surface area contributed by atoms with Gasteiger partial charge in [0.25, 0.3) is 0 Å². The van der Waals surface area contributed by atoms with E-state index in [0.717, 1.165) is 33.7 Å². The molecule has 4 aromatic rings. The molecule has 0 saturated carbocycles. The molecule has 0 N–H and O–H groups in total. The molecule has 0 bridgehead atoms. The number of halogens is 1. The van der Waals surface area contributed by atoms with Crippen LogP contribution in [0.15, 0.2) is 61.1 Å². The number of aromatic nitrogens is 4. The highest BCUT2D eigenvalue weighted by atomic mass is 35.5. The molecule has 0 amide bonds. The minimum Gasteiger partial charge on any atom is -0.378 e. The SMILES string of the molecule is COCc1nn2c(-c3ccncc3)ccnc2c1-c1cccc(Cl)c1. The Hall–Kier alpha value is -2.76. The van der Waals surface area contributed by atoms with Crippen LogP contribution in [0.4, 0.5) is 0 Å². The fraction of sp³-hybridized carbons (Fsp3) is 0.105. The van der Waals surface area contributed by atoms with Crippen LogP contribution in [0.25, 0.3) is 28.0 Å². The first-order valence-electron chi connectivity index (χ1n) is 7.80. The highest BCUT2D eigenvalue weighted by Crippen LogP contribution is 2.32. The van der Waals surface area contributed by atoms with Crippen LogP contribution >= 0.6 is 11.6 Å². The molecule has 4 rings (SSSR count). The smallest absolute Gasteiger partial charge is 0.163 e. The molecule has 0 saturated heterocycles. The third-order valence-electron chi connectivity index (χ3n) is 3.96. The molecular formula is C19H15ClN4O. The quantitative estimate of drug-likeness (QED) is 0.552. The van der Waals surface area contributed by atoms with Gasteiger partial charge in [-0.3, -0.25) is 4.98 Å². The van der Waals surface area contributed by atoms with E-state index >= 15 is 0 Å². The van der Waals surface area contributed by atoms with Crippen molar-refractivity contribution in [2.24, 2.45) is 0 Å². The van der Waals surface area contributed by atoms with E-state index < -0.39 is 0 Å². The molecule has 0 unspecified atom stereocenters. The van der Waals surface area contributed by atoms with Crippen LogP contribution < -0.4 is 0 Å². The number of ether oxygens (including phenoxy) is 1. The van der Waals surface area contributed by atoms with Gasteiger partial charge in [0, 0.05) is 36.3 Å². The summed E-state index contributed by atoms with van der Waals surface area (Å²) in [7, 11) is 1.66. The van der Waals surface area contributed by atoms with Gasteiger partial charge in [0.05, 0.1) is 23.6 Å². The van der Waals surface area contributed by atoms with E-state index in [4.69, 9.17) is 21.4 Å². The Bertz CT molecular complexity index is 1030. The lowest BCUT2D eigenvalue weighted by Crippen LogP contribution is -1.96. The maximum atomic E-state index is 6.18. The first-order chi connectivity index (χ1) is 12.3. The molecule has 25 heavy (non-hydrogen) atoms. The summed E-state index contributed by atoms with van der Waals surface area (Å²) >= 11 is 6.18. The third-order valence-corrected chi connectivity index (χ3v) is 4.20. The molecule has 3 heterocycles. The van der Waals surface area contributed by atoms with Crippen LogP contribution in [0.3, 0.4) is 0 Å². The predicted octanol–water partition coefficient (Wildman–Crippen LogP) is 4.26. The molecule has 5 nitrogen and oxygen atoms in total. The Labute approximate surface area is 149 Å². The third kappa shape index (κ3) is 2.88. The van der Waals surface area contributed by atoms with E-state index in [-0.39, 0.29) is 0 Å². The van der Waals surface area contributed by atoms with Crippen molar-refractivity contribution >= 4 is 17.2 Å². The Balaban J connectivity index is 2.01. The highest BCUT2D eigenvalue weighted by molar-refractivity contribution is 6.30. The number of pyridine rings is 1. The summed E-state index contributed by atoms with van der Waals surface area (Å²) in [6, 6.07) is 13.5. The standard InChI is InChI=1S/C19H15ClN4O/c1-25-12-16-18(14-3-2-4-15(20)11-14)19-22-10-7-17(24(19)23-16)13-5-8-21-9-6-13/h2-11H,12H2,1H3. The van der Waals surface area contributed by atoms with Gasteiger partial charge in [-0.05, 0) is 35.9 Å². The minimum atomic E-state index is 0.390. The van der Waals surface area contributed by atoms with Gasteiger partial charge in [0.15, 0.2) is 5.65 Å². The number of methoxy groups -OCH3 is 1. The molecule has 6 heteroatoms. The maximum Gasteiger partial charge on any atom is 0.163 e. The van der Waals surface area contributed by atoms with E-state index in [1.165, 1.54) is 0 Å². The van der Waals surface area contributed by atoms with Crippen molar-refractivity contribution in [3.05, 3.63) is 71.8 Å². The average Bonchev–Trinajstić information content (AvgIpc) is 3.01. The summed E-state index contributed by atoms with van der Waals surface area (Å²) in [4.78, 5) is 8.64. The molecule has 0 aliphatic carbocycles. The largest absolute Gasteiger partial charge is 0.378 e. The van der Waals surface area contributed by atoms with Crippen LogP contribution in [-0.2, 0) is 11.3 Å². The second kappa shape index (κ2) is 6.63. The molecule has 0 fully saturated rings. The minimum absolute atomic E-state index is 0.390. The zero-order valence-corrected chi connectivity index (χ0v) is 14.3. The molecule has 0 spiro atoms. The first kappa shape index (κ1) is 15.7. The van der Waals surface area contributed by atoms with Crippen molar-refractivity contribution in [3.63, 3.8) is 0 Å². The van der Waals surface area contributed by atoms with Crippen LogP contribution in [0.5, 0.6) is 0 Å². The molecule has 124 valence electrons. The molecule has 1 aromatic carbocycles. The molecule has 3 aromatic heterocycles. The van der Waals surface area contributed by atoms with Crippen molar-refractivity contribution in [3.8, 4) is 22.4 Å². The van der Waals surface area contributed by atoms with Gasteiger partial charge in [-0.1, -0.05) is 23.7 Å². The van der Waals surface area contributed by atoms with E-state index in [2.05, 4.69) is 9.97 Å². The summed E-state index contributed by atoms with van der Waals surface area (Å²) < 4.78 is 7.20. The van der Waals surface area contributed by atoms with Gasteiger partial charge in [-0.2, -0.15) is 5.10 Å². The van der Waals surface area contributed by atoms with Crippen molar-refractivity contribution in [2.75, 3.05) is 7.11 Å². The summed E-state index contributed by atoms with van der Waals surface area (Å²) in [6.45, 7) is 0.390. The Morgan fingerprint density at radius 2 is 1.88 bits per heavy atom. The van der Waals surface area contributed by atoms with Gasteiger partial charge in [0.2, 0.25) is 0 Å². The fourth-order valence-corrected chi connectivity index (χ4v) is 3.10. The topological polar surface area (TPSA) is 52.3 Å². The molecule has 0 radical (unpaired) electrons. The van der Waals surface area contributed by atoms with Crippen LogP contribution in [0.1, 0.15) is 5.69 Å². The van der Waals surface area contributed by atoms with Gasteiger partial charge in [-0.25, -0.2) is 9.50 Å². The average molecular weight is 351 g/mol. The maximum absolute atomic E-state index is 6.18. The lowest BCUT2D eigenvalue weighted by Gasteiger charge is -2.05. The van der Waals surface area contributed by atoms with Crippen LogP contribution in [0.2, 0.25) is 5.02 Å². The van der Waals surface area contributed by atoms with Gasteiger partial charge >= 0.3 is 0 Å². The lowest BCUT2D eigenvalue weighted by molar-refractivity contribution is 0.181. The van der Waals surface area contributed by atoms with E-state index in [1.54, 1.807) is 25.7 Å². The number of rotatable bonds is 4. The lowest BCUT2D eigenvalue weighted by atomic mass is 10.1. The van der Waals surface area contributed by atoms with Crippen molar-refractivity contribution in [2.45, 2.75) is 6.61 Å². The van der Waals surface area contributed by atoms with Crippen molar-refractivity contribution < 1.29 is 4.74 Å². The normalized spacial score (nSPS) is 11.1. The number of nitrogens with zero attached hydrogens (tertiary/aromatic N) is 4. The molecular weight excluding hydrogens is 336 g/mol. The van der Waals surface area contributed by atoms with E-state index in [0.29, 0.717) is 11.6 Å². The number of hydrogen-bond acceptors (Lipinski definition) is 4. The first-order valence-corrected chi connectivity index (χ1v) is 8.17. The summed E-state index contributed by atoms with van der Waals surface area (Å²) in [5.41, 5.74) is 5.45. The zero-order valence-electron chi connectivity index (χ0n) is 13.6. The molecule has 0 atom stereocenters. The number of hydrogen-bond donors (Lipinski definition) is 0. The zero-order chi connectivity index (χ0) is 17.2. The number of fused-ring (bicyclic) bond motifs is 1. The monoisotopic (exact) mass is 350 g/mol. The molecule has 0 aliphatic heterocycles. The van der Waals surface area contributed by atoms with Gasteiger partial charge in [0.1, 0.15) is 0 Å². The van der Waals surface area contributed by atoms with Crippen molar-refractivity contribution in [1.29, 1.82) is 0 Å². The summed E-state index contributed by atoms with van der Waals surface area (Å²) in [5.74, 6) is 0. The van der Waals surface area contributed by atoms with Crippen LogP contribution in [-0.4, -0.2) is 26.7 Å². The highest BCUT2D eigenvalue weighted by Gasteiger charge is 2.18.